The van der Waals surface area contributed by atoms with Crippen LogP contribution in [0, 0.1) is 0 Å². The molecule has 0 amide bonds. The van der Waals surface area contributed by atoms with Crippen LogP contribution in [-0.4, -0.2) is 6.10 Å². The lowest BCUT2D eigenvalue weighted by molar-refractivity contribution is 0.270. The Morgan fingerprint density at radius 3 is 1.60 bits per heavy atom. The molecule has 0 saturated heterocycles. The van der Waals surface area contributed by atoms with E-state index in [2.05, 4.69) is 242 Å². The van der Waals surface area contributed by atoms with Gasteiger partial charge in [0.05, 0.1) is 11.1 Å². The van der Waals surface area contributed by atoms with Crippen molar-refractivity contribution in [1.82, 2.24) is 0 Å². The summed E-state index contributed by atoms with van der Waals surface area (Å²) in [7, 11) is 0. The fourth-order valence-corrected chi connectivity index (χ4v) is 11.9. The van der Waals surface area contributed by atoms with E-state index in [1.807, 2.05) is 0 Å². The summed E-state index contributed by atoms with van der Waals surface area (Å²) >= 11 is 0. The largest absolute Gasteiger partial charge is 0.484 e. The molecular weight excluding hydrogens is 787 g/mol. The average molecular weight is 828 g/mol. The van der Waals surface area contributed by atoms with Crippen molar-refractivity contribution < 1.29 is 4.74 Å². The zero-order chi connectivity index (χ0) is 42.6. The maximum Gasteiger partial charge on any atom is 0.132 e. The lowest BCUT2D eigenvalue weighted by Gasteiger charge is -2.33. The highest BCUT2D eigenvalue weighted by Crippen LogP contribution is 2.65. The van der Waals surface area contributed by atoms with Gasteiger partial charge in [-0.15, -0.1) is 0 Å². The number of fused-ring (bicyclic) bond motifs is 16. The molecule has 304 valence electrons. The Morgan fingerprint density at radius 1 is 0.400 bits per heavy atom. The molecule has 1 heterocycles. The Balaban J connectivity index is 0.989. The second-order valence-electron chi connectivity index (χ2n) is 17.8. The van der Waals surface area contributed by atoms with Crippen LogP contribution in [0.2, 0.25) is 0 Å². The molecule has 14 rings (SSSR count). The van der Waals surface area contributed by atoms with Crippen molar-refractivity contribution in [2.24, 2.45) is 0 Å². The molecule has 1 aliphatic heterocycles. The molecule has 0 saturated carbocycles. The Bertz CT molecular complexity index is 3600. The molecular formula is C63H41NO. The van der Waals surface area contributed by atoms with Crippen LogP contribution >= 0.6 is 0 Å². The molecule has 2 heteroatoms. The summed E-state index contributed by atoms with van der Waals surface area (Å²) in [6.07, 6.45) is 8.70. The topological polar surface area (TPSA) is 12.5 Å². The van der Waals surface area contributed by atoms with E-state index < -0.39 is 5.41 Å². The predicted molar refractivity (Wildman–Crippen MR) is 269 cm³/mol. The van der Waals surface area contributed by atoms with Crippen LogP contribution in [0.25, 0.3) is 66.1 Å². The Kier molecular flexibility index (Phi) is 7.76. The van der Waals surface area contributed by atoms with Gasteiger partial charge < -0.3 is 9.64 Å². The van der Waals surface area contributed by atoms with Gasteiger partial charge in [-0.1, -0.05) is 200 Å². The van der Waals surface area contributed by atoms with Crippen LogP contribution in [-0.2, 0) is 5.41 Å². The van der Waals surface area contributed by atoms with Crippen LogP contribution in [0.4, 0.5) is 17.1 Å². The van der Waals surface area contributed by atoms with E-state index in [-0.39, 0.29) is 12.0 Å². The van der Waals surface area contributed by atoms with Crippen LogP contribution < -0.4 is 9.64 Å². The van der Waals surface area contributed by atoms with E-state index in [1.165, 1.54) is 82.7 Å². The second kappa shape index (κ2) is 13.9. The number of benzene rings is 10. The quantitative estimate of drug-likeness (QED) is 0.171. The zero-order valence-corrected chi connectivity index (χ0v) is 35.5. The molecule has 2 nitrogen and oxygen atoms in total. The van der Waals surface area contributed by atoms with E-state index in [0.29, 0.717) is 0 Å². The third-order valence-corrected chi connectivity index (χ3v) is 14.6. The molecule has 65 heavy (non-hydrogen) atoms. The van der Waals surface area contributed by atoms with Gasteiger partial charge in [0.1, 0.15) is 11.9 Å². The molecule has 3 aliphatic carbocycles. The van der Waals surface area contributed by atoms with Crippen LogP contribution in [0.3, 0.4) is 0 Å². The van der Waals surface area contributed by atoms with Gasteiger partial charge in [-0.05, 0) is 114 Å². The summed E-state index contributed by atoms with van der Waals surface area (Å²) < 4.78 is 6.64. The fourth-order valence-electron chi connectivity index (χ4n) is 11.9. The first-order valence-corrected chi connectivity index (χ1v) is 22.7. The lowest BCUT2D eigenvalue weighted by Crippen LogP contribution is -2.26. The lowest BCUT2D eigenvalue weighted by atomic mass is 9.69. The van der Waals surface area contributed by atoms with E-state index in [0.717, 1.165) is 33.9 Å². The number of anilines is 3. The van der Waals surface area contributed by atoms with E-state index in [4.69, 9.17) is 4.74 Å². The Labute approximate surface area is 378 Å². The second-order valence-corrected chi connectivity index (χ2v) is 17.8. The summed E-state index contributed by atoms with van der Waals surface area (Å²) in [4.78, 5) is 2.47. The summed E-state index contributed by atoms with van der Waals surface area (Å²) in [6.45, 7) is 0. The molecule has 1 spiro atoms. The van der Waals surface area contributed by atoms with Gasteiger partial charge in [0.15, 0.2) is 0 Å². The molecule has 0 aromatic heterocycles. The first kappa shape index (κ1) is 36.3. The smallest absolute Gasteiger partial charge is 0.132 e. The van der Waals surface area contributed by atoms with Gasteiger partial charge in [0, 0.05) is 33.8 Å². The molecule has 1 unspecified atom stereocenters. The number of nitrogens with zero attached hydrogens (tertiary/aromatic N) is 1. The normalized spacial score (nSPS) is 16.4. The third-order valence-electron chi connectivity index (χ3n) is 14.6. The van der Waals surface area contributed by atoms with Crippen molar-refractivity contribution >= 4 is 38.6 Å². The number of para-hydroxylation sites is 1. The van der Waals surface area contributed by atoms with Crippen molar-refractivity contribution in [3.8, 4) is 50.3 Å². The Morgan fingerprint density at radius 2 is 0.908 bits per heavy atom. The van der Waals surface area contributed by atoms with Crippen molar-refractivity contribution in [3.05, 3.63) is 264 Å². The predicted octanol–water partition coefficient (Wildman–Crippen LogP) is 16.1. The molecule has 0 radical (unpaired) electrons. The minimum atomic E-state index is -0.453. The first-order valence-electron chi connectivity index (χ1n) is 22.7. The van der Waals surface area contributed by atoms with Crippen molar-refractivity contribution in [2.75, 3.05) is 4.90 Å². The van der Waals surface area contributed by atoms with Crippen LogP contribution in [0.1, 0.15) is 33.7 Å². The third kappa shape index (κ3) is 5.11. The van der Waals surface area contributed by atoms with Gasteiger partial charge in [0.2, 0.25) is 0 Å². The maximum atomic E-state index is 6.64. The molecule has 0 N–H and O–H groups in total. The molecule has 2 atom stereocenters. The monoisotopic (exact) mass is 827 g/mol. The van der Waals surface area contributed by atoms with E-state index >= 15 is 0 Å². The molecule has 4 aliphatic rings. The highest BCUT2D eigenvalue weighted by atomic mass is 16.5. The number of ether oxygens (including phenoxy) is 1. The van der Waals surface area contributed by atoms with Crippen LogP contribution in [0.15, 0.2) is 237 Å². The standard InChI is InChI=1S/C63H41NO/c1-2-17-45-40(15-1)16-13-24-46(45)41-31-35-43(36-32-41)64(44-37-33-42(34-38-44)47-25-14-26-54-52-22-8-12-30-60(52)65-62(47)54)59-39-55-50-20-7-11-29-58(50)63(61(55)53-23-4-3-21-51(53)59)56-27-9-5-18-48(56)49-19-6-10-28-57(49)63/h1-39,52,60H/t52?,60-/m0/s1. The molecule has 0 bridgehead atoms. The fraction of sp³-hybridized carbons (Fsp3) is 0.0476. The number of allylic oxidation sites excluding steroid dienone is 2. The van der Waals surface area contributed by atoms with Gasteiger partial charge >= 0.3 is 0 Å². The maximum absolute atomic E-state index is 6.64. The highest BCUT2D eigenvalue weighted by molar-refractivity contribution is 6.10. The minimum Gasteiger partial charge on any atom is -0.484 e. The summed E-state index contributed by atoms with van der Waals surface area (Å²) in [5, 5.41) is 4.97. The Hall–Kier alpha value is -8.20. The SMILES string of the molecule is C1=CC2c3cccc(-c4ccc(N(c5ccc(-c6cccc7ccccc67)cc5)c5cc6c(c7ccccc57)C5(c7ccccc7-c7ccccc75)c5ccccc5-6)cc4)c3O[C@H]2C=C1. The minimum absolute atomic E-state index is 0.0336. The van der Waals surface area contributed by atoms with Gasteiger partial charge in [-0.25, -0.2) is 0 Å². The molecule has 0 fully saturated rings. The average Bonchev–Trinajstić information content (AvgIpc) is 4.01. The van der Waals surface area contributed by atoms with Gasteiger partial charge in [-0.2, -0.15) is 0 Å². The van der Waals surface area contributed by atoms with Crippen molar-refractivity contribution in [1.29, 1.82) is 0 Å². The van der Waals surface area contributed by atoms with E-state index in [1.54, 1.807) is 0 Å². The van der Waals surface area contributed by atoms with Crippen LogP contribution in [0.5, 0.6) is 5.75 Å². The summed E-state index contributed by atoms with van der Waals surface area (Å²) in [5.41, 5.74) is 19.4. The summed E-state index contributed by atoms with van der Waals surface area (Å²) in [5.74, 6) is 1.23. The zero-order valence-electron chi connectivity index (χ0n) is 35.5. The van der Waals surface area contributed by atoms with Crippen molar-refractivity contribution in [2.45, 2.75) is 17.4 Å². The first-order chi connectivity index (χ1) is 32.3. The van der Waals surface area contributed by atoms with Gasteiger partial charge in [-0.3, -0.25) is 0 Å². The summed E-state index contributed by atoms with van der Waals surface area (Å²) in [6, 6.07) is 79.0. The molecule has 10 aromatic carbocycles. The number of hydrogen-bond acceptors (Lipinski definition) is 2. The van der Waals surface area contributed by atoms with Gasteiger partial charge in [0.25, 0.3) is 0 Å². The van der Waals surface area contributed by atoms with Crippen molar-refractivity contribution in [3.63, 3.8) is 0 Å². The highest BCUT2D eigenvalue weighted by Gasteiger charge is 2.52. The number of rotatable bonds is 5. The number of hydrogen-bond donors (Lipinski definition) is 0. The van der Waals surface area contributed by atoms with E-state index in [9.17, 15) is 0 Å². The molecule has 10 aromatic rings.